The normalized spacial score (nSPS) is 16.6. The van der Waals surface area contributed by atoms with Crippen LogP contribution in [0.25, 0.3) is 0 Å². The fraction of sp³-hybridized carbons (Fsp3) is 0.385. The Labute approximate surface area is 120 Å². The van der Waals surface area contributed by atoms with Crippen molar-refractivity contribution in [2.24, 2.45) is 0 Å². The van der Waals surface area contributed by atoms with Gasteiger partial charge in [0.15, 0.2) is 6.10 Å². The number of aliphatic hydroxyl groups excluding tert-OH is 5. The lowest BCUT2D eigenvalue weighted by Gasteiger charge is -2.24. The summed E-state index contributed by atoms with van der Waals surface area (Å²) in [5.41, 5.74) is 0.670. The van der Waals surface area contributed by atoms with Gasteiger partial charge in [0.25, 0.3) is 5.91 Å². The van der Waals surface area contributed by atoms with E-state index in [0.717, 1.165) is 0 Å². The quantitative estimate of drug-likeness (QED) is 0.315. The second-order valence-electron chi connectivity index (χ2n) is 4.41. The van der Waals surface area contributed by atoms with E-state index in [2.05, 4.69) is 5.32 Å². The van der Waals surface area contributed by atoms with Crippen LogP contribution in [-0.2, 0) is 4.79 Å². The van der Waals surface area contributed by atoms with E-state index in [-0.39, 0.29) is 5.69 Å². The Morgan fingerprint density at radius 1 is 1.10 bits per heavy atom. The Hall–Kier alpha value is -1.84. The maximum Gasteiger partial charge on any atom is 0.256 e. The number of aliphatic hydroxyl groups is 5. The van der Waals surface area contributed by atoms with Crippen LogP contribution in [0.3, 0.4) is 0 Å². The van der Waals surface area contributed by atoms with E-state index in [0.29, 0.717) is 11.8 Å². The first-order valence-corrected chi connectivity index (χ1v) is 6.10. The van der Waals surface area contributed by atoms with Gasteiger partial charge in [-0.25, -0.2) is 0 Å². The minimum atomic E-state index is -2.01. The van der Waals surface area contributed by atoms with Crippen molar-refractivity contribution in [3.8, 4) is 0 Å². The molecular formula is C13H17NO7. The fourth-order valence-corrected chi connectivity index (χ4v) is 1.54. The van der Waals surface area contributed by atoms with Gasteiger partial charge in [-0.2, -0.15) is 0 Å². The number of carbonyl (C=O) groups excluding carboxylic acids is 2. The van der Waals surface area contributed by atoms with Gasteiger partial charge < -0.3 is 30.8 Å². The number of amides is 1. The van der Waals surface area contributed by atoms with E-state index in [1.807, 2.05) is 0 Å². The van der Waals surface area contributed by atoms with Crippen LogP contribution in [0.15, 0.2) is 24.3 Å². The predicted molar refractivity (Wildman–Crippen MR) is 71.6 cm³/mol. The van der Waals surface area contributed by atoms with Crippen molar-refractivity contribution in [2.45, 2.75) is 24.4 Å². The molecule has 21 heavy (non-hydrogen) atoms. The summed E-state index contributed by atoms with van der Waals surface area (Å²) >= 11 is 0. The molecule has 8 heteroatoms. The standard InChI is InChI=1S/C13H17NO7/c15-5-7-1-3-8(4-2-7)14-13(21)12(20)11(19)10(18)9(17)6-16/h1-5,9-12,16-20H,6H2,(H,14,21)/t9-,10-,11+,12-/m1/s1. The molecule has 0 spiro atoms. The molecule has 0 aliphatic carbocycles. The highest BCUT2D eigenvalue weighted by Crippen LogP contribution is 2.11. The highest BCUT2D eigenvalue weighted by molar-refractivity contribution is 5.94. The topological polar surface area (TPSA) is 147 Å². The average Bonchev–Trinajstić information content (AvgIpc) is 2.52. The molecule has 0 saturated carbocycles. The average molecular weight is 299 g/mol. The van der Waals surface area contributed by atoms with Crippen molar-refractivity contribution >= 4 is 17.9 Å². The van der Waals surface area contributed by atoms with Crippen LogP contribution in [0.5, 0.6) is 0 Å². The van der Waals surface area contributed by atoms with Crippen molar-refractivity contribution in [3.05, 3.63) is 29.8 Å². The third-order valence-electron chi connectivity index (χ3n) is 2.84. The van der Waals surface area contributed by atoms with E-state index in [4.69, 9.17) is 10.2 Å². The van der Waals surface area contributed by atoms with Gasteiger partial charge in [0, 0.05) is 11.3 Å². The number of benzene rings is 1. The number of carbonyl (C=O) groups is 2. The first-order chi connectivity index (χ1) is 9.90. The summed E-state index contributed by atoms with van der Waals surface area (Å²) in [6.07, 6.45) is -6.92. The zero-order valence-corrected chi connectivity index (χ0v) is 11.0. The van der Waals surface area contributed by atoms with Crippen LogP contribution in [0.1, 0.15) is 10.4 Å². The van der Waals surface area contributed by atoms with E-state index >= 15 is 0 Å². The predicted octanol–water partition coefficient (Wildman–Crippen LogP) is -2.13. The number of rotatable bonds is 7. The Kier molecular flexibility index (Phi) is 6.40. The molecule has 116 valence electrons. The molecule has 0 aromatic heterocycles. The van der Waals surface area contributed by atoms with Crippen molar-refractivity contribution in [2.75, 3.05) is 11.9 Å². The lowest BCUT2D eigenvalue weighted by atomic mass is 10.0. The first kappa shape index (κ1) is 17.2. The third kappa shape index (κ3) is 4.59. The molecule has 1 aromatic rings. The van der Waals surface area contributed by atoms with Crippen LogP contribution >= 0.6 is 0 Å². The van der Waals surface area contributed by atoms with Gasteiger partial charge in [-0.05, 0) is 24.3 Å². The number of nitrogens with one attached hydrogen (secondary N) is 1. The molecule has 0 bridgehead atoms. The zero-order chi connectivity index (χ0) is 16.0. The molecule has 0 unspecified atom stereocenters. The van der Waals surface area contributed by atoms with Gasteiger partial charge in [0.2, 0.25) is 0 Å². The van der Waals surface area contributed by atoms with Crippen molar-refractivity contribution in [3.63, 3.8) is 0 Å². The molecule has 1 aromatic carbocycles. The molecule has 0 aliphatic heterocycles. The number of anilines is 1. The second kappa shape index (κ2) is 7.81. The number of hydrogen-bond acceptors (Lipinski definition) is 7. The van der Waals surface area contributed by atoms with Crippen molar-refractivity contribution < 1.29 is 35.1 Å². The van der Waals surface area contributed by atoms with Gasteiger partial charge >= 0.3 is 0 Å². The molecule has 0 saturated heterocycles. The highest BCUT2D eigenvalue weighted by atomic mass is 16.4. The largest absolute Gasteiger partial charge is 0.394 e. The third-order valence-corrected chi connectivity index (χ3v) is 2.84. The molecule has 0 aliphatic rings. The molecular weight excluding hydrogens is 282 g/mol. The van der Waals surface area contributed by atoms with Crippen LogP contribution in [-0.4, -0.2) is 68.7 Å². The van der Waals surface area contributed by atoms with Gasteiger partial charge in [-0.1, -0.05) is 0 Å². The maximum atomic E-state index is 11.7. The molecule has 0 heterocycles. The number of aldehydes is 1. The van der Waals surface area contributed by atoms with Gasteiger partial charge in [-0.15, -0.1) is 0 Å². The maximum absolute atomic E-state index is 11.7. The summed E-state index contributed by atoms with van der Waals surface area (Å²) in [5.74, 6) is -1.01. The molecule has 6 N–H and O–H groups in total. The van der Waals surface area contributed by atoms with Crippen LogP contribution < -0.4 is 5.32 Å². The van der Waals surface area contributed by atoms with Crippen molar-refractivity contribution in [1.29, 1.82) is 0 Å². The minimum Gasteiger partial charge on any atom is -0.394 e. The summed E-state index contributed by atoms with van der Waals surface area (Å²) in [4.78, 5) is 22.2. The molecule has 0 radical (unpaired) electrons. The van der Waals surface area contributed by atoms with Gasteiger partial charge in [0.05, 0.1) is 6.61 Å². The fourth-order valence-electron chi connectivity index (χ4n) is 1.54. The smallest absolute Gasteiger partial charge is 0.256 e. The first-order valence-electron chi connectivity index (χ1n) is 6.10. The Bertz CT molecular complexity index is 476. The monoisotopic (exact) mass is 299 g/mol. The second-order valence-corrected chi connectivity index (χ2v) is 4.41. The van der Waals surface area contributed by atoms with Crippen LogP contribution in [0.2, 0.25) is 0 Å². The summed E-state index contributed by atoms with van der Waals surface area (Å²) in [5, 5.41) is 48.6. The summed E-state index contributed by atoms with van der Waals surface area (Å²) in [7, 11) is 0. The molecule has 4 atom stereocenters. The summed E-state index contributed by atoms with van der Waals surface area (Å²) in [6.45, 7) is -0.834. The van der Waals surface area contributed by atoms with Gasteiger partial charge in [-0.3, -0.25) is 9.59 Å². The molecule has 1 rings (SSSR count). The lowest BCUT2D eigenvalue weighted by Crippen LogP contribution is -2.50. The van der Waals surface area contributed by atoms with E-state index in [1.165, 1.54) is 24.3 Å². The van der Waals surface area contributed by atoms with Gasteiger partial charge in [0.1, 0.15) is 24.6 Å². The van der Waals surface area contributed by atoms with E-state index < -0.39 is 36.9 Å². The summed E-state index contributed by atoms with van der Waals surface area (Å²) < 4.78 is 0. The Morgan fingerprint density at radius 3 is 2.14 bits per heavy atom. The molecule has 1 amide bonds. The van der Waals surface area contributed by atoms with Crippen molar-refractivity contribution in [1.82, 2.24) is 0 Å². The molecule has 0 fully saturated rings. The van der Waals surface area contributed by atoms with Crippen LogP contribution in [0, 0.1) is 0 Å². The SMILES string of the molecule is O=Cc1ccc(NC(=O)[C@H](O)[C@@H](O)[C@H](O)[C@H](O)CO)cc1. The highest BCUT2D eigenvalue weighted by Gasteiger charge is 2.34. The summed E-state index contributed by atoms with van der Waals surface area (Å²) in [6, 6.07) is 5.71. The minimum absolute atomic E-state index is 0.272. The van der Waals surface area contributed by atoms with Crippen LogP contribution in [0.4, 0.5) is 5.69 Å². The Balaban J connectivity index is 2.66. The lowest BCUT2D eigenvalue weighted by molar-refractivity contribution is -0.144. The Morgan fingerprint density at radius 2 is 1.67 bits per heavy atom. The van der Waals surface area contributed by atoms with E-state index in [9.17, 15) is 24.9 Å². The van der Waals surface area contributed by atoms with E-state index in [1.54, 1.807) is 0 Å². The zero-order valence-electron chi connectivity index (χ0n) is 11.0. The number of hydrogen-bond donors (Lipinski definition) is 6. The molecule has 8 nitrogen and oxygen atoms in total.